The molecule has 80 valence electrons. The second-order valence-corrected chi connectivity index (χ2v) is 4.40. The fraction of sp³-hybridized carbons (Fsp3) is 0.400. The fourth-order valence-electron chi connectivity index (χ4n) is 1.44. The van der Waals surface area contributed by atoms with E-state index in [1.165, 1.54) is 0 Å². The maximum absolute atomic E-state index is 4.36. The maximum atomic E-state index is 4.36. The van der Waals surface area contributed by atoms with Crippen molar-refractivity contribution < 1.29 is 0 Å². The molecule has 1 N–H and O–H groups in total. The van der Waals surface area contributed by atoms with E-state index >= 15 is 0 Å². The fourth-order valence-corrected chi connectivity index (χ4v) is 2.06. The summed E-state index contributed by atoms with van der Waals surface area (Å²) in [5, 5.41) is 6.45. The molecule has 2 rings (SSSR count). The first kappa shape index (κ1) is 10.2. The topological polar surface area (TPSA) is 42.7 Å². The van der Waals surface area contributed by atoms with E-state index in [1.807, 2.05) is 36.3 Å². The Morgan fingerprint density at radius 3 is 3.00 bits per heavy atom. The summed E-state index contributed by atoms with van der Waals surface area (Å²) in [5.74, 6) is 0.920. The molecule has 4 nitrogen and oxygen atoms in total. The molecule has 5 heteroatoms. The van der Waals surface area contributed by atoms with Crippen molar-refractivity contribution in [3.05, 3.63) is 28.5 Å². The van der Waals surface area contributed by atoms with Gasteiger partial charge in [0.1, 0.15) is 0 Å². The Labute approximate surface area is 93.0 Å². The normalized spacial score (nSPS) is 10.5. The van der Waals surface area contributed by atoms with Crippen LogP contribution in [0.2, 0.25) is 0 Å². The summed E-state index contributed by atoms with van der Waals surface area (Å²) in [6, 6.07) is 0. The van der Waals surface area contributed by atoms with E-state index < -0.39 is 0 Å². The molecule has 15 heavy (non-hydrogen) atoms. The standard InChI is InChI=1S/C10H14N4S/c1-8-7-14(2)10(13-8)12-4-3-9-11-5-6-15-9/h5-7H,3-4H2,1-2H3,(H,12,13). The van der Waals surface area contributed by atoms with Gasteiger partial charge in [0.2, 0.25) is 5.95 Å². The molecule has 0 aliphatic carbocycles. The molecule has 0 spiro atoms. The number of imidazole rings is 1. The number of aromatic nitrogens is 3. The molecule has 0 saturated carbocycles. The monoisotopic (exact) mass is 222 g/mol. The predicted molar refractivity (Wildman–Crippen MR) is 62.3 cm³/mol. The highest BCUT2D eigenvalue weighted by molar-refractivity contribution is 7.09. The first-order valence-corrected chi connectivity index (χ1v) is 5.76. The van der Waals surface area contributed by atoms with Crippen LogP contribution in [0, 0.1) is 6.92 Å². The van der Waals surface area contributed by atoms with E-state index in [9.17, 15) is 0 Å². The summed E-state index contributed by atoms with van der Waals surface area (Å²) in [5.41, 5.74) is 1.04. The number of hydrogen-bond acceptors (Lipinski definition) is 4. The van der Waals surface area contributed by atoms with E-state index in [-0.39, 0.29) is 0 Å². The lowest BCUT2D eigenvalue weighted by Gasteiger charge is -2.03. The average Bonchev–Trinajstić information content (AvgIpc) is 2.77. The predicted octanol–water partition coefficient (Wildman–Crippen LogP) is 1.84. The SMILES string of the molecule is Cc1cn(C)c(NCCc2nccs2)n1. The van der Waals surface area contributed by atoms with E-state index in [0.29, 0.717) is 0 Å². The molecule has 0 unspecified atom stereocenters. The zero-order chi connectivity index (χ0) is 10.7. The third kappa shape index (κ3) is 2.56. The summed E-state index contributed by atoms with van der Waals surface area (Å²) in [6.07, 6.45) is 4.79. The Balaban J connectivity index is 1.86. The highest BCUT2D eigenvalue weighted by Crippen LogP contribution is 2.07. The second kappa shape index (κ2) is 4.44. The van der Waals surface area contributed by atoms with Crippen LogP contribution in [0.1, 0.15) is 10.7 Å². The lowest BCUT2D eigenvalue weighted by molar-refractivity contribution is 0.887. The molecule has 2 aromatic heterocycles. The van der Waals surface area contributed by atoms with Crippen LogP contribution in [0.15, 0.2) is 17.8 Å². The molecular weight excluding hydrogens is 208 g/mol. The van der Waals surface area contributed by atoms with Crippen LogP contribution >= 0.6 is 11.3 Å². The highest BCUT2D eigenvalue weighted by atomic mass is 32.1. The van der Waals surface area contributed by atoms with Crippen LogP contribution in [-0.2, 0) is 13.5 Å². The van der Waals surface area contributed by atoms with E-state index in [0.717, 1.165) is 29.6 Å². The van der Waals surface area contributed by atoms with Crippen LogP contribution < -0.4 is 5.32 Å². The minimum atomic E-state index is 0.873. The van der Waals surface area contributed by atoms with Gasteiger partial charge in [-0.25, -0.2) is 9.97 Å². The van der Waals surface area contributed by atoms with Crippen molar-refractivity contribution in [2.75, 3.05) is 11.9 Å². The van der Waals surface area contributed by atoms with Gasteiger partial charge in [-0.3, -0.25) is 0 Å². The van der Waals surface area contributed by atoms with Crippen LogP contribution in [0.5, 0.6) is 0 Å². The van der Waals surface area contributed by atoms with Crippen LogP contribution in [0.4, 0.5) is 5.95 Å². The quantitative estimate of drug-likeness (QED) is 0.858. The van der Waals surface area contributed by atoms with Crippen molar-refractivity contribution in [1.29, 1.82) is 0 Å². The van der Waals surface area contributed by atoms with Gasteiger partial charge in [0, 0.05) is 37.8 Å². The Morgan fingerprint density at radius 1 is 1.53 bits per heavy atom. The molecule has 0 radical (unpaired) electrons. The van der Waals surface area contributed by atoms with Crippen LogP contribution in [-0.4, -0.2) is 21.1 Å². The van der Waals surface area contributed by atoms with Crippen molar-refractivity contribution in [3.63, 3.8) is 0 Å². The number of anilines is 1. The summed E-state index contributed by atoms with van der Waals surface area (Å²) >= 11 is 1.69. The second-order valence-electron chi connectivity index (χ2n) is 3.42. The third-order valence-electron chi connectivity index (χ3n) is 2.10. The molecular formula is C10H14N4S. The van der Waals surface area contributed by atoms with Crippen LogP contribution in [0.3, 0.4) is 0 Å². The summed E-state index contributed by atoms with van der Waals surface area (Å²) in [7, 11) is 1.99. The van der Waals surface area contributed by atoms with Gasteiger partial charge in [-0.15, -0.1) is 11.3 Å². The van der Waals surface area contributed by atoms with Gasteiger partial charge in [-0.2, -0.15) is 0 Å². The summed E-state index contributed by atoms with van der Waals surface area (Å²) in [4.78, 5) is 8.59. The summed E-state index contributed by atoms with van der Waals surface area (Å²) in [6.45, 7) is 2.86. The number of nitrogens with one attached hydrogen (secondary N) is 1. The zero-order valence-corrected chi connectivity index (χ0v) is 9.71. The van der Waals surface area contributed by atoms with Crippen molar-refractivity contribution >= 4 is 17.3 Å². The maximum Gasteiger partial charge on any atom is 0.202 e. The largest absolute Gasteiger partial charge is 0.355 e. The number of nitrogens with zero attached hydrogens (tertiary/aromatic N) is 3. The van der Waals surface area contributed by atoms with Gasteiger partial charge < -0.3 is 9.88 Å². The Hall–Kier alpha value is -1.36. The van der Waals surface area contributed by atoms with Gasteiger partial charge in [0.05, 0.1) is 10.7 Å². The van der Waals surface area contributed by atoms with Crippen molar-refractivity contribution in [2.45, 2.75) is 13.3 Å². The zero-order valence-electron chi connectivity index (χ0n) is 8.90. The van der Waals surface area contributed by atoms with Gasteiger partial charge in [0.15, 0.2) is 0 Å². The van der Waals surface area contributed by atoms with Gasteiger partial charge in [0.25, 0.3) is 0 Å². The average molecular weight is 222 g/mol. The van der Waals surface area contributed by atoms with E-state index in [1.54, 1.807) is 11.3 Å². The molecule has 0 aliphatic heterocycles. The third-order valence-corrected chi connectivity index (χ3v) is 2.94. The smallest absolute Gasteiger partial charge is 0.202 e. The van der Waals surface area contributed by atoms with Crippen molar-refractivity contribution in [1.82, 2.24) is 14.5 Å². The number of rotatable bonds is 4. The van der Waals surface area contributed by atoms with Crippen molar-refractivity contribution in [2.24, 2.45) is 7.05 Å². The molecule has 0 fully saturated rings. The first-order chi connectivity index (χ1) is 7.25. The molecule has 2 heterocycles. The molecule has 2 aromatic rings. The van der Waals surface area contributed by atoms with Crippen molar-refractivity contribution in [3.8, 4) is 0 Å². The molecule has 0 aromatic carbocycles. The Kier molecular flexibility index (Phi) is 3.01. The molecule has 0 amide bonds. The molecule has 0 saturated heterocycles. The summed E-state index contributed by atoms with van der Waals surface area (Å²) < 4.78 is 2.00. The van der Waals surface area contributed by atoms with Gasteiger partial charge in [-0.05, 0) is 6.92 Å². The molecule has 0 atom stereocenters. The lowest BCUT2D eigenvalue weighted by Crippen LogP contribution is -2.08. The Morgan fingerprint density at radius 2 is 2.40 bits per heavy atom. The minimum absolute atomic E-state index is 0.873. The number of aryl methyl sites for hydroxylation is 2. The van der Waals surface area contributed by atoms with E-state index in [4.69, 9.17) is 0 Å². The first-order valence-electron chi connectivity index (χ1n) is 4.88. The van der Waals surface area contributed by atoms with Crippen LogP contribution in [0.25, 0.3) is 0 Å². The molecule has 0 bridgehead atoms. The highest BCUT2D eigenvalue weighted by Gasteiger charge is 2.01. The number of hydrogen-bond donors (Lipinski definition) is 1. The van der Waals surface area contributed by atoms with E-state index in [2.05, 4.69) is 15.3 Å². The van der Waals surface area contributed by atoms with Gasteiger partial charge >= 0.3 is 0 Å². The minimum Gasteiger partial charge on any atom is -0.355 e. The Bertz CT molecular complexity index is 419. The van der Waals surface area contributed by atoms with Gasteiger partial charge in [-0.1, -0.05) is 0 Å². The molecule has 0 aliphatic rings. The lowest BCUT2D eigenvalue weighted by atomic mass is 10.4. The number of thiazole rings is 1.